The molecule has 2 fully saturated rings. The number of benzene rings is 1. The topological polar surface area (TPSA) is 55.0 Å². The number of anilines is 1. The van der Waals surface area contributed by atoms with E-state index in [1.165, 1.54) is 6.20 Å². The van der Waals surface area contributed by atoms with Crippen molar-refractivity contribution in [2.24, 2.45) is 11.1 Å². The summed E-state index contributed by atoms with van der Waals surface area (Å²) in [7, 11) is 0. The van der Waals surface area contributed by atoms with E-state index in [1.807, 2.05) is 36.9 Å². The van der Waals surface area contributed by atoms with Crippen molar-refractivity contribution >= 4 is 17.6 Å². The lowest BCUT2D eigenvalue weighted by Crippen LogP contribution is -2.47. The molecule has 2 N–H and O–H groups in total. The summed E-state index contributed by atoms with van der Waals surface area (Å²) in [6.45, 7) is 5.19. The molecule has 162 valence electrons. The Labute approximate surface area is 179 Å². The zero-order valence-electron chi connectivity index (χ0n) is 17.3. The van der Waals surface area contributed by atoms with Crippen LogP contribution in [0.4, 0.5) is 19.0 Å². The number of nitrogens with two attached hydrogens (primary N) is 1. The smallest absolute Gasteiger partial charge is 0.355 e. The number of aryl methyl sites for hydroxylation is 1. The van der Waals surface area contributed by atoms with Gasteiger partial charge in [0, 0.05) is 24.0 Å². The van der Waals surface area contributed by atoms with E-state index in [-0.39, 0.29) is 16.5 Å². The minimum absolute atomic E-state index is 0.105. The molecular weight excluding hydrogens is 409 g/mol. The Balaban J connectivity index is 1.58. The van der Waals surface area contributed by atoms with Crippen LogP contribution in [0.1, 0.15) is 48.9 Å². The molecule has 0 radical (unpaired) electrons. The SMILES string of the molecule is Cc1cccc(Sc2ncc(N3CCC4(CCC[C@H]4N)CC3)nc2C(F)(F)F)c1C. The zero-order chi connectivity index (χ0) is 21.5. The number of aromatic nitrogens is 2. The molecule has 2 aliphatic rings. The maximum absolute atomic E-state index is 13.8. The molecule has 4 nitrogen and oxygen atoms in total. The molecule has 0 bridgehead atoms. The Bertz CT molecular complexity index is 923. The fourth-order valence-corrected chi connectivity index (χ4v) is 5.72. The quantitative estimate of drug-likeness (QED) is 0.702. The van der Waals surface area contributed by atoms with Gasteiger partial charge in [-0.25, -0.2) is 9.97 Å². The van der Waals surface area contributed by atoms with Crippen LogP contribution in [-0.2, 0) is 6.18 Å². The Hall–Kier alpha value is -1.80. The number of piperidine rings is 1. The third-order valence-electron chi connectivity index (χ3n) is 6.82. The molecule has 1 aromatic carbocycles. The van der Waals surface area contributed by atoms with Crippen LogP contribution in [-0.4, -0.2) is 29.1 Å². The van der Waals surface area contributed by atoms with Crippen molar-refractivity contribution in [3.8, 4) is 0 Å². The standard InChI is InChI=1S/C22H27F3N4S/c1-14-5-3-6-16(15(14)2)30-20-19(22(23,24)25)28-18(13-27-20)29-11-9-21(10-12-29)8-4-7-17(21)26/h3,5-6,13,17H,4,7-12,26H2,1-2H3/t17-/m1/s1. The second-order valence-electron chi connectivity index (χ2n) is 8.53. The molecule has 0 unspecified atom stereocenters. The van der Waals surface area contributed by atoms with E-state index in [9.17, 15) is 13.2 Å². The van der Waals surface area contributed by atoms with Gasteiger partial charge in [-0.3, -0.25) is 0 Å². The molecule has 1 spiro atoms. The second kappa shape index (κ2) is 8.04. The van der Waals surface area contributed by atoms with Crippen molar-refractivity contribution in [1.82, 2.24) is 9.97 Å². The summed E-state index contributed by atoms with van der Waals surface area (Å²) >= 11 is 1.02. The lowest BCUT2D eigenvalue weighted by Gasteiger charge is -2.42. The molecule has 8 heteroatoms. The van der Waals surface area contributed by atoms with Crippen molar-refractivity contribution < 1.29 is 13.2 Å². The largest absolute Gasteiger partial charge is 0.436 e. The molecule has 4 rings (SSSR count). The summed E-state index contributed by atoms with van der Waals surface area (Å²) in [4.78, 5) is 10.9. The minimum Gasteiger partial charge on any atom is -0.355 e. The number of rotatable bonds is 3. The number of hydrogen-bond acceptors (Lipinski definition) is 5. The van der Waals surface area contributed by atoms with Crippen molar-refractivity contribution in [3.63, 3.8) is 0 Å². The van der Waals surface area contributed by atoms with E-state index in [0.717, 1.165) is 59.9 Å². The van der Waals surface area contributed by atoms with Gasteiger partial charge in [-0.15, -0.1) is 0 Å². The zero-order valence-corrected chi connectivity index (χ0v) is 18.1. The first-order valence-electron chi connectivity index (χ1n) is 10.4. The van der Waals surface area contributed by atoms with Crippen LogP contribution in [0.15, 0.2) is 34.3 Å². The normalized spacial score (nSPS) is 21.4. The van der Waals surface area contributed by atoms with Crippen molar-refractivity contribution in [1.29, 1.82) is 0 Å². The summed E-state index contributed by atoms with van der Waals surface area (Å²) in [5.74, 6) is 0.300. The first kappa shape index (κ1) is 21.4. The average molecular weight is 437 g/mol. The van der Waals surface area contributed by atoms with Crippen LogP contribution in [0.2, 0.25) is 0 Å². The van der Waals surface area contributed by atoms with E-state index < -0.39 is 11.9 Å². The van der Waals surface area contributed by atoms with E-state index >= 15 is 0 Å². The van der Waals surface area contributed by atoms with Crippen LogP contribution < -0.4 is 10.6 Å². The predicted octanol–water partition coefficient (Wildman–Crippen LogP) is 5.36. The molecule has 1 aliphatic heterocycles. The maximum atomic E-state index is 13.8. The summed E-state index contributed by atoms with van der Waals surface area (Å²) < 4.78 is 41.5. The molecule has 30 heavy (non-hydrogen) atoms. The Morgan fingerprint density at radius 2 is 1.90 bits per heavy atom. The summed E-state index contributed by atoms with van der Waals surface area (Å²) in [6.07, 6.45) is 2.02. The third-order valence-corrected chi connectivity index (χ3v) is 7.97. The van der Waals surface area contributed by atoms with E-state index in [0.29, 0.717) is 18.9 Å². The fourth-order valence-electron chi connectivity index (χ4n) is 4.69. The first-order valence-corrected chi connectivity index (χ1v) is 11.2. The molecule has 1 saturated heterocycles. The molecule has 0 amide bonds. The maximum Gasteiger partial charge on any atom is 0.436 e. The molecule has 2 aromatic rings. The molecule has 1 atom stereocenters. The van der Waals surface area contributed by atoms with Gasteiger partial charge >= 0.3 is 6.18 Å². The van der Waals surface area contributed by atoms with Gasteiger partial charge in [0.15, 0.2) is 5.69 Å². The first-order chi connectivity index (χ1) is 14.2. The van der Waals surface area contributed by atoms with E-state index in [4.69, 9.17) is 5.73 Å². The molecular formula is C22H27F3N4S. The van der Waals surface area contributed by atoms with Crippen LogP contribution in [0, 0.1) is 19.3 Å². The minimum atomic E-state index is -4.56. The highest BCUT2D eigenvalue weighted by atomic mass is 32.2. The molecule has 2 heterocycles. The van der Waals surface area contributed by atoms with Gasteiger partial charge in [-0.1, -0.05) is 30.3 Å². The molecule has 1 aromatic heterocycles. The highest BCUT2D eigenvalue weighted by Crippen LogP contribution is 2.46. The van der Waals surface area contributed by atoms with Crippen molar-refractivity contribution in [2.75, 3.05) is 18.0 Å². The fraction of sp³-hybridized carbons (Fsp3) is 0.545. The Kier molecular flexibility index (Phi) is 5.74. The molecule has 1 saturated carbocycles. The van der Waals surface area contributed by atoms with Gasteiger partial charge in [0.2, 0.25) is 0 Å². The van der Waals surface area contributed by atoms with E-state index in [2.05, 4.69) is 9.97 Å². The second-order valence-corrected chi connectivity index (χ2v) is 9.56. The van der Waals surface area contributed by atoms with Crippen LogP contribution in [0.5, 0.6) is 0 Å². The third kappa shape index (κ3) is 4.04. The number of nitrogens with zero attached hydrogens (tertiary/aromatic N) is 3. The van der Waals surface area contributed by atoms with Gasteiger partial charge in [-0.2, -0.15) is 13.2 Å². The van der Waals surface area contributed by atoms with Gasteiger partial charge in [0.25, 0.3) is 0 Å². The van der Waals surface area contributed by atoms with Crippen LogP contribution >= 0.6 is 11.8 Å². The Morgan fingerprint density at radius 3 is 2.53 bits per heavy atom. The van der Waals surface area contributed by atoms with E-state index in [1.54, 1.807) is 0 Å². The van der Waals surface area contributed by atoms with Gasteiger partial charge in [0.1, 0.15) is 10.8 Å². The van der Waals surface area contributed by atoms with Gasteiger partial charge < -0.3 is 10.6 Å². The van der Waals surface area contributed by atoms with Crippen LogP contribution in [0.3, 0.4) is 0 Å². The average Bonchev–Trinajstić information content (AvgIpc) is 3.05. The number of alkyl halides is 3. The monoisotopic (exact) mass is 436 g/mol. The van der Waals surface area contributed by atoms with Crippen LogP contribution in [0.25, 0.3) is 0 Å². The van der Waals surface area contributed by atoms with Crippen molar-refractivity contribution in [3.05, 3.63) is 41.2 Å². The lowest BCUT2D eigenvalue weighted by molar-refractivity contribution is -0.143. The summed E-state index contributed by atoms with van der Waals surface area (Å²) in [5, 5.41) is -0.105. The van der Waals surface area contributed by atoms with Crippen molar-refractivity contribution in [2.45, 2.75) is 68.1 Å². The number of halogens is 3. The highest BCUT2D eigenvalue weighted by Gasteiger charge is 2.43. The highest BCUT2D eigenvalue weighted by molar-refractivity contribution is 7.99. The van der Waals surface area contributed by atoms with Gasteiger partial charge in [0.05, 0.1) is 6.20 Å². The number of hydrogen-bond donors (Lipinski definition) is 1. The van der Waals surface area contributed by atoms with Gasteiger partial charge in [-0.05, 0) is 62.1 Å². The predicted molar refractivity (Wildman–Crippen MR) is 113 cm³/mol. The lowest BCUT2D eigenvalue weighted by atomic mass is 9.74. The molecule has 1 aliphatic carbocycles. The Morgan fingerprint density at radius 1 is 1.17 bits per heavy atom. The summed E-state index contributed by atoms with van der Waals surface area (Å²) in [5.41, 5.74) is 7.55. The summed E-state index contributed by atoms with van der Waals surface area (Å²) in [6, 6.07) is 5.81.